The van der Waals surface area contributed by atoms with E-state index < -0.39 is 10.8 Å². The predicted molar refractivity (Wildman–Crippen MR) is 65.4 cm³/mol. The Bertz CT molecular complexity index is 238. The lowest BCUT2D eigenvalue weighted by Gasteiger charge is -2.28. The average Bonchev–Trinajstić information content (AvgIpc) is 2.26. The van der Waals surface area contributed by atoms with E-state index in [4.69, 9.17) is 5.73 Å². The molecule has 1 rings (SSSR count). The van der Waals surface area contributed by atoms with E-state index >= 15 is 0 Å². The Hall–Kier alpha value is -0.0700. The fraction of sp³-hybridized carbons (Fsp3) is 0.889. The molecule has 88 valence electrons. The van der Waals surface area contributed by atoms with E-state index in [2.05, 4.69) is 0 Å². The van der Waals surface area contributed by atoms with Gasteiger partial charge in [0.1, 0.15) is 0 Å². The number of hydrogen-bond acceptors (Lipinski definition) is 4. The van der Waals surface area contributed by atoms with E-state index in [1.165, 1.54) is 0 Å². The normalized spacial score (nSPS) is 20.3. The molecule has 1 atom stereocenters. The van der Waals surface area contributed by atoms with Crippen molar-refractivity contribution in [2.45, 2.75) is 12.5 Å². The Kier molecular flexibility index (Phi) is 5.63. The van der Waals surface area contributed by atoms with Crippen LogP contribution in [-0.2, 0) is 15.6 Å². The molecule has 0 aromatic heterocycles. The van der Waals surface area contributed by atoms with E-state index in [1.54, 1.807) is 16.7 Å². The summed E-state index contributed by atoms with van der Waals surface area (Å²) in [5, 5.41) is 0. The third-order valence-electron chi connectivity index (χ3n) is 2.44. The zero-order chi connectivity index (χ0) is 11.3. The van der Waals surface area contributed by atoms with Gasteiger partial charge in [-0.05, 0) is 18.4 Å². The summed E-state index contributed by atoms with van der Waals surface area (Å²) in [6.45, 7) is 1.19. The van der Waals surface area contributed by atoms with Gasteiger partial charge in [-0.1, -0.05) is 0 Å². The lowest BCUT2D eigenvalue weighted by molar-refractivity contribution is -0.132. The maximum atomic E-state index is 11.8. The Morgan fingerprint density at radius 2 is 2.13 bits per heavy atom. The van der Waals surface area contributed by atoms with E-state index in [0.29, 0.717) is 24.6 Å². The van der Waals surface area contributed by atoms with Crippen LogP contribution in [0.25, 0.3) is 0 Å². The number of amides is 1. The molecule has 0 saturated carbocycles. The first-order valence-electron chi connectivity index (χ1n) is 5.03. The van der Waals surface area contributed by atoms with Gasteiger partial charge in [0.05, 0.1) is 6.04 Å². The molecule has 2 N–H and O–H groups in total. The van der Waals surface area contributed by atoms with Crippen molar-refractivity contribution in [1.82, 2.24) is 4.90 Å². The fourth-order valence-corrected chi connectivity index (χ4v) is 3.00. The molecule has 1 saturated heterocycles. The molecule has 0 aromatic rings. The first kappa shape index (κ1) is 13.0. The minimum atomic E-state index is -0.735. The molecule has 0 spiro atoms. The Morgan fingerprint density at radius 3 is 2.67 bits per heavy atom. The molecule has 1 aliphatic heterocycles. The SMILES string of the molecule is CSCC[C@@H](N)C(=O)N1CCS(=O)CC1. The van der Waals surface area contributed by atoms with Gasteiger partial charge in [-0.15, -0.1) is 0 Å². The summed E-state index contributed by atoms with van der Waals surface area (Å²) in [6.07, 6.45) is 2.72. The summed E-state index contributed by atoms with van der Waals surface area (Å²) < 4.78 is 11.1. The number of hydrogen-bond donors (Lipinski definition) is 1. The fourth-order valence-electron chi connectivity index (χ4n) is 1.46. The molecule has 0 unspecified atom stereocenters. The standard InChI is InChI=1S/C9H18N2O2S2/c1-14-5-2-8(10)9(12)11-3-6-15(13)7-4-11/h8H,2-7,10H2,1H3/t8-/m1/s1. The van der Waals surface area contributed by atoms with Gasteiger partial charge in [-0.2, -0.15) is 11.8 Å². The summed E-state index contributed by atoms with van der Waals surface area (Å²) >= 11 is 1.70. The van der Waals surface area contributed by atoms with Crippen LogP contribution in [0.3, 0.4) is 0 Å². The van der Waals surface area contributed by atoms with Crippen LogP contribution in [0, 0.1) is 0 Å². The van der Waals surface area contributed by atoms with Crippen LogP contribution in [0.15, 0.2) is 0 Å². The van der Waals surface area contributed by atoms with Gasteiger partial charge in [-0.3, -0.25) is 9.00 Å². The van der Waals surface area contributed by atoms with Crippen LogP contribution in [-0.4, -0.2) is 57.7 Å². The number of thioether (sulfide) groups is 1. The molecule has 15 heavy (non-hydrogen) atoms. The van der Waals surface area contributed by atoms with Gasteiger partial charge in [0.15, 0.2) is 0 Å². The third kappa shape index (κ3) is 4.12. The molecule has 1 aliphatic rings. The summed E-state index contributed by atoms with van der Waals surface area (Å²) in [6, 6.07) is -0.385. The van der Waals surface area contributed by atoms with Crippen molar-refractivity contribution in [2.75, 3.05) is 36.6 Å². The summed E-state index contributed by atoms with van der Waals surface area (Å²) in [5.41, 5.74) is 5.79. The summed E-state index contributed by atoms with van der Waals surface area (Å²) in [7, 11) is -0.735. The summed E-state index contributed by atoms with van der Waals surface area (Å²) in [4.78, 5) is 13.5. The lowest BCUT2D eigenvalue weighted by Crippen LogP contribution is -2.49. The average molecular weight is 250 g/mol. The molecule has 6 heteroatoms. The maximum absolute atomic E-state index is 11.8. The highest BCUT2D eigenvalue weighted by molar-refractivity contribution is 7.98. The highest BCUT2D eigenvalue weighted by Crippen LogP contribution is 2.06. The molecule has 1 heterocycles. The van der Waals surface area contributed by atoms with Crippen molar-refractivity contribution in [1.29, 1.82) is 0 Å². The number of rotatable bonds is 4. The van der Waals surface area contributed by atoms with Crippen molar-refractivity contribution in [2.24, 2.45) is 5.73 Å². The Morgan fingerprint density at radius 1 is 1.53 bits per heavy atom. The molecule has 1 amide bonds. The lowest BCUT2D eigenvalue weighted by atomic mass is 10.2. The molecule has 1 fully saturated rings. The molecule has 0 aromatic carbocycles. The van der Waals surface area contributed by atoms with Crippen molar-refractivity contribution in [3.05, 3.63) is 0 Å². The quantitative estimate of drug-likeness (QED) is 0.741. The number of carbonyl (C=O) groups is 1. The highest BCUT2D eigenvalue weighted by atomic mass is 32.2. The van der Waals surface area contributed by atoms with Gasteiger partial charge in [0.25, 0.3) is 0 Å². The monoisotopic (exact) mass is 250 g/mol. The first-order chi connectivity index (χ1) is 7.15. The van der Waals surface area contributed by atoms with Crippen molar-refractivity contribution in [3.63, 3.8) is 0 Å². The number of nitrogens with two attached hydrogens (primary N) is 1. The van der Waals surface area contributed by atoms with E-state index in [1.807, 2.05) is 6.26 Å². The Balaban J connectivity index is 2.35. The second-order valence-corrected chi connectivity index (χ2v) is 6.24. The molecular formula is C9H18N2O2S2. The minimum Gasteiger partial charge on any atom is -0.340 e. The van der Waals surface area contributed by atoms with E-state index in [9.17, 15) is 9.00 Å². The zero-order valence-electron chi connectivity index (χ0n) is 8.98. The van der Waals surface area contributed by atoms with Crippen LogP contribution >= 0.6 is 11.8 Å². The smallest absolute Gasteiger partial charge is 0.239 e. The third-order valence-corrected chi connectivity index (χ3v) is 4.36. The van der Waals surface area contributed by atoms with Gasteiger partial charge in [0, 0.05) is 35.4 Å². The Labute approximate surface area is 97.4 Å². The maximum Gasteiger partial charge on any atom is 0.239 e. The molecule has 0 aliphatic carbocycles. The largest absolute Gasteiger partial charge is 0.340 e. The molecule has 4 nitrogen and oxygen atoms in total. The second kappa shape index (κ2) is 6.50. The summed E-state index contributed by atoms with van der Waals surface area (Å²) in [5.74, 6) is 2.12. The molecule has 0 bridgehead atoms. The van der Waals surface area contributed by atoms with Gasteiger partial charge < -0.3 is 10.6 Å². The number of carbonyl (C=O) groups excluding carboxylic acids is 1. The van der Waals surface area contributed by atoms with Crippen LogP contribution in [0.5, 0.6) is 0 Å². The zero-order valence-corrected chi connectivity index (χ0v) is 10.6. The topological polar surface area (TPSA) is 63.4 Å². The second-order valence-electron chi connectivity index (χ2n) is 3.56. The van der Waals surface area contributed by atoms with Crippen molar-refractivity contribution < 1.29 is 9.00 Å². The number of nitrogens with zero attached hydrogens (tertiary/aromatic N) is 1. The van der Waals surface area contributed by atoms with Crippen LogP contribution in [0.1, 0.15) is 6.42 Å². The molecular weight excluding hydrogens is 232 g/mol. The van der Waals surface area contributed by atoms with Gasteiger partial charge in [0.2, 0.25) is 5.91 Å². The van der Waals surface area contributed by atoms with E-state index in [0.717, 1.165) is 12.2 Å². The predicted octanol–water partition coefficient (Wildman–Crippen LogP) is -0.342. The minimum absolute atomic E-state index is 0.0146. The highest BCUT2D eigenvalue weighted by Gasteiger charge is 2.24. The first-order valence-corrected chi connectivity index (χ1v) is 7.91. The van der Waals surface area contributed by atoms with E-state index in [-0.39, 0.29) is 11.9 Å². The van der Waals surface area contributed by atoms with Crippen LogP contribution < -0.4 is 5.73 Å². The van der Waals surface area contributed by atoms with Crippen LogP contribution in [0.4, 0.5) is 0 Å². The van der Waals surface area contributed by atoms with Crippen molar-refractivity contribution in [3.8, 4) is 0 Å². The van der Waals surface area contributed by atoms with Crippen LogP contribution in [0.2, 0.25) is 0 Å². The molecule has 0 radical (unpaired) electrons. The van der Waals surface area contributed by atoms with Gasteiger partial charge in [-0.25, -0.2) is 0 Å². The van der Waals surface area contributed by atoms with Crippen molar-refractivity contribution >= 4 is 28.5 Å². The van der Waals surface area contributed by atoms with Gasteiger partial charge >= 0.3 is 0 Å².